The Morgan fingerprint density at radius 2 is 2.20 bits per heavy atom. The lowest BCUT2D eigenvalue weighted by Crippen LogP contribution is -2.62. The second-order valence-electron chi connectivity index (χ2n) is 5.52. The average molecular weight is 280 g/mol. The first kappa shape index (κ1) is 13.1. The molecule has 1 aromatic heterocycles. The molecule has 3 saturated heterocycles. The molecule has 1 atom stereocenters. The number of nitrogens with one attached hydrogen (secondary N) is 2. The highest BCUT2D eigenvalue weighted by molar-refractivity contribution is 5.98. The number of alkyl halides is 1. The zero-order valence-corrected chi connectivity index (χ0v) is 11.0. The van der Waals surface area contributed by atoms with Crippen molar-refractivity contribution in [2.24, 2.45) is 5.73 Å². The Bertz CT molecular complexity index is 592. The summed E-state index contributed by atoms with van der Waals surface area (Å²) in [5.74, 6) is -0.655. The fourth-order valence-corrected chi connectivity index (χ4v) is 3.04. The van der Waals surface area contributed by atoms with Crippen LogP contribution >= 0.6 is 0 Å². The highest BCUT2D eigenvalue weighted by atomic mass is 19.1. The van der Waals surface area contributed by atoms with Crippen molar-refractivity contribution in [2.75, 3.05) is 25.0 Å². The van der Waals surface area contributed by atoms with Crippen molar-refractivity contribution in [3.63, 3.8) is 0 Å². The molecule has 1 amide bonds. The number of hydrogen-bond acceptors (Lipinski definition) is 4. The number of nitrogens with two attached hydrogens (primary N) is 1. The molecule has 4 N–H and O–H groups in total. The predicted molar refractivity (Wildman–Crippen MR) is 72.5 cm³/mol. The smallest absolute Gasteiger partial charge is 0.252 e. The maximum absolute atomic E-state index is 14.8. The van der Waals surface area contributed by atoms with Crippen molar-refractivity contribution in [3.8, 4) is 0 Å². The number of fused-ring (bicyclic) bond motifs is 3. The molecule has 1 aromatic rings. The van der Waals surface area contributed by atoms with E-state index in [1.54, 1.807) is 0 Å². The molecule has 2 bridgehead atoms. The molecule has 6 nitrogen and oxygen atoms in total. The molecular formula is C13H17FN4O2. The third-order valence-electron chi connectivity index (χ3n) is 4.27. The first-order valence-electron chi connectivity index (χ1n) is 6.68. The molecule has 0 aliphatic carbocycles. The third kappa shape index (κ3) is 2.18. The number of hydrogen-bond donors (Lipinski definition) is 3. The van der Waals surface area contributed by atoms with Gasteiger partial charge in [-0.3, -0.25) is 9.59 Å². The number of pyridine rings is 1. The van der Waals surface area contributed by atoms with Crippen LogP contribution in [0.25, 0.3) is 0 Å². The van der Waals surface area contributed by atoms with Gasteiger partial charge >= 0.3 is 0 Å². The third-order valence-corrected chi connectivity index (χ3v) is 4.27. The van der Waals surface area contributed by atoms with Crippen molar-refractivity contribution < 1.29 is 9.18 Å². The quantitative estimate of drug-likeness (QED) is 0.731. The minimum Gasteiger partial charge on any atom is -0.377 e. The minimum atomic E-state index is -1.29. The van der Waals surface area contributed by atoms with Crippen molar-refractivity contribution >= 4 is 11.6 Å². The van der Waals surface area contributed by atoms with E-state index in [0.717, 1.165) is 13.1 Å². The molecule has 7 heteroatoms. The molecule has 3 aliphatic rings. The first-order chi connectivity index (χ1) is 9.48. The Kier molecular flexibility index (Phi) is 3.01. The van der Waals surface area contributed by atoms with E-state index in [2.05, 4.69) is 15.2 Å². The summed E-state index contributed by atoms with van der Waals surface area (Å²) in [6.45, 7) is 2.08. The molecule has 4 heterocycles. The van der Waals surface area contributed by atoms with E-state index in [9.17, 15) is 14.0 Å². The summed E-state index contributed by atoms with van der Waals surface area (Å²) in [5, 5.41) is 3.01. The number of carbonyl (C=O) groups excluding carboxylic acids is 1. The summed E-state index contributed by atoms with van der Waals surface area (Å²) in [5.41, 5.74) is 4.11. The van der Waals surface area contributed by atoms with Gasteiger partial charge in [0.2, 0.25) is 5.56 Å². The van der Waals surface area contributed by atoms with Gasteiger partial charge in [0.1, 0.15) is 5.67 Å². The number of rotatable bonds is 3. The van der Waals surface area contributed by atoms with E-state index in [0.29, 0.717) is 25.1 Å². The molecule has 0 saturated carbocycles. The second kappa shape index (κ2) is 4.59. The second-order valence-corrected chi connectivity index (χ2v) is 5.52. The number of piperidine rings is 3. The lowest BCUT2D eigenvalue weighted by atomic mass is 9.80. The van der Waals surface area contributed by atoms with E-state index in [4.69, 9.17) is 5.73 Å². The lowest BCUT2D eigenvalue weighted by Gasteiger charge is -2.49. The maximum Gasteiger partial charge on any atom is 0.252 e. The molecule has 4 rings (SSSR count). The Hall–Kier alpha value is -1.89. The Morgan fingerprint density at radius 3 is 2.80 bits per heavy atom. The van der Waals surface area contributed by atoms with Gasteiger partial charge in [-0.15, -0.1) is 0 Å². The molecule has 0 aromatic carbocycles. The Morgan fingerprint density at radius 1 is 1.50 bits per heavy atom. The molecule has 20 heavy (non-hydrogen) atoms. The molecule has 0 spiro atoms. The number of primary amides is 1. The minimum absolute atomic E-state index is 0.171. The SMILES string of the molecule is NC(=O)c1c[nH]c(=O)cc1N[C@H]1CN2CCC1(F)CC2. The number of aromatic amines is 1. The normalized spacial score (nSPS) is 32.0. The van der Waals surface area contributed by atoms with Gasteiger partial charge in [-0.1, -0.05) is 0 Å². The van der Waals surface area contributed by atoms with Gasteiger partial charge in [0, 0.05) is 31.9 Å². The lowest BCUT2D eigenvalue weighted by molar-refractivity contribution is -0.0176. The summed E-state index contributed by atoms with van der Waals surface area (Å²) >= 11 is 0. The van der Waals surface area contributed by atoms with Crippen LogP contribution in [0.5, 0.6) is 0 Å². The zero-order chi connectivity index (χ0) is 14.3. The fourth-order valence-electron chi connectivity index (χ4n) is 3.04. The van der Waals surface area contributed by atoms with Crippen molar-refractivity contribution in [3.05, 3.63) is 28.2 Å². The number of nitrogens with zero attached hydrogens (tertiary/aromatic N) is 1. The van der Waals surface area contributed by atoms with Gasteiger partial charge in [-0.25, -0.2) is 4.39 Å². The molecule has 0 radical (unpaired) electrons. The highest BCUT2D eigenvalue weighted by Gasteiger charge is 2.47. The fraction of sp³-hybridized carbons (Fsp3) is 0.538. The van der Waals surface area contributed by atoms with E-state index in [1.807, 2.05) is 0 Å². The number of halogens is 1. The van der Waals surface area contributed by atoms with Crippen LogP contribution in [0.1, 0.15) is 23.2 Å². The standard InChI is InChI=1S/C13H17FN4O2/c14-13-1-3-18(4-2-13)7-10(13)17-9-5-11(19)16-6-8(9)12(15)20/h5-6,10H,1-4,7H2,(H2,15,20)(H2,16,17,19)/t10-/m0/s1. The van der Waals surface area contributed by atoms with Gasteiger partial charge < -0.3 is 20.9 Å². The summed E-state index contributed by atoms with van der Waals surface area (Å²) in [7, 11) is 0. The first-order valence-corrected chi connectivity index (χ1v) is 6.68. The number of anilines is 1. The Labute approximate surface area is 115 Å². The number of aromatic nitrogens is 1. The Balaban J connectivity index is 1.90. The molecular weight excluding hydrogens is 263 g/mol. The topological polar surface area (TPSA) is 91.2 Å². The van der Waals surface area contributed by atoms with Crippen LogP contribution in [0, 0.1) is 0 Å². The van der Waals surface area contributed by atoms with E-state index in [-0.39, 0.29) is 11.1 Å². The van der Waals surface area contributed by atoms with Gasteiger partial charge in [0.15, 0.2) is 0 Å². The van der Waals surface area contributed by atoms with Crippen molar-refractivity contribution in [1.29, 1.82) is 0 Å². The largest absolute Gasteiger partial charge is 0.377 e. The van der Waals surface area contributed by atoms with Crippen LogP contribution < -0.4 is 16.6 Å². The maximum atomic E-state index is 14.8. The van der Waals surface area contributed by atoms with Crippen LogP contribution in [0.15, 0.2) is 17.1 Å². The van der Waals surface area contributed by atoms with Crippen LogP contribution in [0.4, 0.5) is 10.1 Å². The van der Waals surface area contributed by atoms with E-state index in [1.165, 1.54) is 12.3 Å². The van der Waals surface area contributed by atoms with Crippen LogP contribution in [-0.2, 0) is 0 Å². The highest BCUT2D eigenvalue weighted by Crippen LogP contribution is 2.37. The van der Waals surface area contributed by atoms with Gasteiger partial charge in [0.05, 0.1) is 17.3 Å². The summed E-state index contributed by atoms with van der Waals surface area (Å²) < 4.78 is 14.8. The van der Waals surface area contributed by atoms with Crippen molar-refractivity contribution in [1.82, 2.24) is 9.88 Å². The molecule has 108 valence electrons. The van der Waals surface area contributed by atoms with E-state index < -0.39 is 17.6 Å². The molecule has 3 fully saturated rings. The summed E-state index contributed by atoms with van der Waals surface area (Å²) in [6.07, 6.45) is 2.21. The molecule has 3 aliphatic heterocycles. The summed E-state index contributed by atoms with van der Waals surface area (Å²) in [4.78, 5) is 27.3. The molecule has 0 unspecified atom stereocenters. The zero-order valence-electron chi connectivity index (χ0n) is 11.0. The summed E-state index contributed by atoms with van der Waals surface area (Å²) in [6, 6.07) is 0.825. The van der Waals surface area contributed by atoms with Crippen LogP contribution in [-0.4, -0.2) is 47.1 Å². The number of carbonyl (C=O) groups is 1. The van der Waals surface area contributed by atoms with Gasteiger partial charge in [-0.05, 0) is 12.8 Å². The predicted octanol–water partition coefficient (Wildman–Crippen LogP) is 0.0720. The monoisotopic (exact) mass is 280 g/mol. The van der Waals surface area contributed by atoms with Gasteiger partial charge in [-0.2, -0.15) is 0 Å². The van der Waals surface area contributed by atoms with Crippen LogP contribution in [0.3, 0.4) is 0 Å². The van der Waals surface area contributed by atoms with Crippen LogP contribution in [0.2, 0.25) is 0 Å². The average Bonchev–Trinajstić information content (AvgIpc) is 2.40. The number of amides is 1. The number of H-pyrrole nitrogens is 1. The van der Waals surface area contributed by atoms with Crippen molar-refractivity contribution in [2.45, 2.75) is 24.6 Å². The van der Waals surface area contributed by atoms with E-state index >= 15 is 0 Å². The van der Waals surface area contributed by atoms with Gasteiger partial charge in [0.25, 0.3) is 5.91 Å².